The van der Waals surface area contributed by atoms with E-state index in [0.29, 0.717) is 11.3 Å². The van der Waals surface area contributed by atoms with Gasteiger partial charge in [0, 0.05) is 36.5 Å². The van der Waals surface area contributed by atoms with E-state index in [2.05, 4.69) is 36.6 Å². The van der Waals surface area contributed by atoms with Gasteiger partial charge in [-0.05, 0) is 37.1 Å². The molecule has 0 aliphatic carbocycles. The van der Waals surface area contributed by atoms with Crippen molar-refractivity contribution in [2.45, 2.75) is 33.1 Å². The van der Waals surface area contributed by atoms with Crippen LogP contribution in [0.2, 0.25) is 0 Å². The Morgan fingerprint density at radius 1 is 1.00 bits per heavy atom. The van der Waals surface area contributed by atoms with Crippen molar-refractivity contribution in [3.63, 3.8) is 0 Å². The van der Waals surface area contributed by atoms with E-state index >= 15 is 0 Å². The molecule has 0 amide bonds. The minimum Gasteiger partial charge on any atom is -0.453 e. The minimum atomic E-state index is -0.237. The first kappa shape index (κ1) is 19.4. The van der Waals surface area contributed by atoms with Crippen LogP contribution in [0.1, 0.15) is 31.7 Å². The van der Waals surface area contributed by atoms with Gasteiger partial charge < -0.3 is 9.32 Å². The SMILES string of the molecule is CCCCCN(C)c1c(F)ccc2c1oc1c(-c3cccc[n+]3C)c(C)ccc12. The zero-order valence-corrected chi connectivity index (χ0v) is 17.6. The number of halogens is 1. The summed E-state index contributed by atoms with van der Waals surface area (Å²) in [4.78, 5) is 1.99. The van der Waals surface area contributed by atoms with Crippen LogP contribution in [0.15, 0.2) is 53.1 Å². The summed E-state index contributed by atoms with van der Waals surface area (Å²) in [7, 11) is 3.98. The molecule has 0 fully saturated rings. The first-order chi connectivity index (χ1) is 14.0. The second-order valence-corrected chi connectivity index (χ2v) is 7.83. The second-order valence-electron chi connectivity index (χ2n) is 7.83. The normalized spacial score (nSPS) is 11.5. The van der Waals surface area contributed by atoms with Crippen molar-refractivity contribution in [1.29, 1.82) is 0 Å². The highest BCUT2D eigenvalue weighted by atomic mass is 19.1. The summed E-state index contributed by atoms with van der Waals surface area (Å²) in [6.45, 7) is 5.07. The third-order valence-corrected chi connectivity index (χ3v) is 5.73. The summed E-state index contributed by atoms with van der Waals surface area (Å²) >= 11 is 0. The topological polar surface area (TPSA) is 20.3 Å². The highest BCUT2D eigenvalue weighted by Gasteiger charge is 2.23. The number of anilines is 1. The Hall–Kier alpha value is -2.88. The van der Waals surface area contributed by atoms with Crippen molar-refractivity contribution in [2.24, 2.45) is 7.05 Å². The fourth-order valence-corrected chi connectivity index (χ4v) is 4.13. The summed E-state index contributed by atoms with van der Waals surface area (Å²) in [6, 6.07) is 13.7. The number of nitrogens with zero attached hydrogens (tertiary/aromatic N) is 2. The van der Waals surface area contributed by atoms with Crippen LogP contribution in [0, 0.1) is 12.7 Å². The number of fused-ring (bicyclic) bond motifs is 3. The van der Waals surface area contributed by atoms with Crippen LogP contribution in [-0.4, -0.2) is 13.6 Å². The van der Waals surface area contributed by atoms with Gasteiger partial charge in [-0.25, -0.2) is 8.96 Å². The van der Waals surface area contributed by atoms with Gasteiger partial charge in [0.15, 0.2) is 11.8 Å². The molecule has 4 rings (SSSR count). The zero-order chi connectivity index (χ0) is 20.5. The number of aryl methyl sites for hydroxylation is 2. The number of unbranched alkanes of at least 4 members (excludes halogenated alkanes) is 2. The molecule has 0 N–H and O–H groups in total. The van der Waals surface area contributed by atoms with Crippen LogP contribution >= 0.6 is 0 Å². The van der Waals surface area contributed by atoms with Gasteiger partial charge in [-0.1, -0.05) is 31.9 Å². The molecule has 4 aromatic rings. The Morgan fingerprint density at radius 2 is 1.76 bits per heavy atom. The number of rotatable bonds is 6. The Morgan fingerprint density at radius 3 is 2.52 bits per heavy atom. The maximum Gasteiger partial charge on any atom is 0.216 e. The lowest BCUT2D eigenvalue weighted by molar-refractivity contribution is -0.660. The van der Waals surface area contributed by atoms with E-state index in [1.807, 2.05) is 43.4 Å². The van der Waals surface area contributed by atoms with E-state index in [-0.39, 0.29) is 5.82 Å². The summed E-state index contributed by atoms with van der Waals surface area (Å²) in [5.74, 6) is -0.237. The quantitative estimate of drug-likeness (QED) is 0.290. The molecule has 0 saturated carbocycles. The molecule has 0 aliphatic heterocycles. The molecule has 150 valence electrons. The highest BCUT2D eigenvalue weighted by molar-refractivity contribution is 6.12. The van der Waals surface area contributed by atoms with Gasteiger partial charge in [0.1, 0.15) is 24.1 Å². The van der Waals surface area contributed by atoms with Crippen LogP contribution in [-0.2, 0) is 7.05 Å². The predicted octanol–water partition coefficient (Wildman–Crippen LogP) is 6.15. The summed E-state index contributed by atoms with van der Waals surface area (Å²) in [6.07, 6.45) is 5.34. The number of pyridine rings is 1. The van der Waals surface area contributed by atoms with Crippen molar-refractivity contribution in [1.82, 2.24) is 0 Å². The van der Waals surface area contributed by atoms with Crippen molar-refractivity contribution >= 4 is 27.6 Å². The second kappa shape index (κ2) is 7.86. The van der Waals surface area contributed by atoms with Gasteiger partial charge in [-0.2, -0.15) is 0 Å². The molecule has 0 aliphatic rings. The average molecular weight is 392 g/mol. The number of benzene rings is 2. The predicted molar refractivity (Wildman–Crippen MR) is 118 cm³/mol. The van der Waals surface area contributed by atoms with E-state index in [1.54, 1.807) is 6.07 Å². The lowest BCUT2D eigenvalue weighted by atomic mass is 10.0. The number of aromatic nitrogens is 1. The minimum absolute atomic E-state index is 0.237. The zero-order valence-electron chi connectivity index (χ0n) is 17.6. The van der Waals surface area contributed by atoms with E-state index in [4.69, 9.17) is 4.42 Å². The van der Waals surface area contributed by atoms with Crippen molar-refractivity contribution in [3.05, 3.63) is 60.0 Å². The van der Waals surface area contributed by atoms with Crippen LogP contribution in [0.4, 0.5) is 10.1 Å². The molecule has 2 heterocycles. The van der Waals surface area contributed by atoms with Gasteiger partial charge in [-0.15, -0.1) is 0 Å². The molecule has 2 aromatic carbocycles. The third-order valence-electron chi connectivity index (χ3n) is 5.73. The molecule has 0 bridgehead atoms. The largest absolute Gasteiger partial charge is 0.453 e. The molecule has 2 aromatic heterocycles. The van der Waals surface area contributed by atoms with Gasteiger partial charge in [0.05, 0.1) is 5.56 Å². The average Bonchev–Trinajstić information content (AvgIpc) is 3.07. The molecular formula is C25H28FN2O+. The summed E-state index contributed by atoms with van der Waals surface area (Å²) in [5.41, 5.74) is 5.27. The van der Waals surface area contributed by atoms with Crippen LogP contribution in [0.5, 0.6) is 0 Å². The summed E-state index contributed by atoms with van der Waals surface area (Å²) < 4.78 is 23.4. The maximum absolute atomic E-state index is 14.9. The first-order valence-electron chi connectivity index (χ1n) is 10.3. The Balaban J connectivity index is 1.96. The Bertz CT molecular complexity index is 1180. The fraction of sp³-hybridized carbons (Fsp3) is 0.320. The van der Waals surface area contributed by atoms with Gasteiger partial charge in [0.2, 0.25) is 5.69 Å². The number of furan rings is 1. The van der Waals surface area contributed by atoms with E-state index in [1.165, 1.54) is 0 Å². The summed E-state index contributed by atoms with van der Waals surface area (Å²) in [5, 5.41) is 1.98. The molecule has 0 radical (unpaired) electrons. The van der Waals surface area contributed by atoms with Gasteiger partial charge >= 0.3 is 0 Å². The van der Waals surface area contributed by atoms with E-state index in [9.17, 15) is 4.39 Å². The molecule has 0 spiro atoms. The monoisotopic (exact) mass is 391 g/mol. The van der Waals surface area contributed by atoms with Crippen LogP contribution in [0.3, 0.4) is 0 Å². The smallest absolute Gasteiger partial charge is 0.216 e. The Kier molecular flexibility index (Phi) is 5.27. The molecule has 0 saturated heterocycles. The van der Waals surface area contributed by atoms with Gasteiger partial charge in [-0.3, -0.25) is 0 Å². The standard InChI is InChI=1S/C25H28FN2O/c1-5-6-8-16-28(4)23-20(26)14-13-19-18-12-11-17(2)22(24(18)29-25(19)23)21-10-7-9-15-27(21)3/h7,9-15H,5-6,8,16H2,1-4H3/q+1. The molecular weight excluding hydrogens is 363 g/mol. The van der Waals surface area contributed by atoms with E-state index in [0.717, 1.165) is 59.0 Å². The molecule has 4 heteroatoms. The molecule has 0 atom stereocenters. The molecule has 0 unspecified atom stereocenters. The Labute approximate surface area is 171 Å². The van der Waals surface area contributed by atoms with Crippen LogP contribution in [0.25, 0.3) is 33.2 Å². The number of hydrogen-bond acceptors (Lipinski definition) is 2. The first-order valence-corrected chi connectivity index (χ1v) is 10.3. The maximum atomic E-state index is 14.9. The van der Waals surface area contributed by atoms with Crippen molar-refractivity contribution in [3.8, 4) is 11.3 Å². The number of hydrogen-bond donors (Lipinski definition) is 0. The molecule has 29 heavy (non-hydrogen) atoms. The van der Waals surface area contributed by atoms with E-state index < -0.39 is 0 Å². The molecule has 3 nitrogen and oxygen atoms in total. The lowest BCUT2D eigenvalue weighted by Gasteiger charge is -2.19. The van der Waals surface area contributed by atoms with Crippen LogP contribution < -0.4 is 9.47 Å². The lowest BCUT2D eigenvalue weighted by Crippen LogP contribution is -2.30. The van der Waals surface area contributed by atoms with Gasteiger partial charge in [0.25, 0.3) is 0 Å². The third kappa shape index (κ3) is 3.37. The van der Waals surface area contributed by atoms with Crippen molar-refractivity contribution in [2.75, 3.05) is 18.5 Å². The fourth-order valence-electron chi connectivity index (χ4n) is 4.13. The van der Waals surface area contributed by atoms with Crippen molar-refractivity contribution < 1.29 is 13.4 Å². The highest BCUT2D eigenvalue weighted by Crippen LogP contribution is 2.41.